The van der Waals surface area contributed by atoms with E-state index < -0.39 is 0 Å². The van der Waals surface area contributed by atoms with Crippen LogP contribution in [0, 0.1) is 11.3 Å². The fraction of sp³-hybridized carbons (Fsp3) is 0.700. The van der Waals surface area contributed by atoms with Crippen molar-refractivity contribution >= 4 is 0 Å². The molecule has 7 nitrogen and oxygen atoms in total. The molecule has 0 amide bonds. The molecule has 6 atom stereocenters. The van der Waals surface area contributed by atoms with E-state index in [9.17, 15) is 0 Å². The molecule has 3 fully saturated rings. The summed E-state index contributed by atoms with van der Waals surface area (Å²) in [6, 6.07) is 6.86. The van der Waals surface area contributed by atoms with Gasteiger partial charge in [-0.05, 0) is 69.2 Å². The first kappa shape index (κ1) is 25.2. The van der Waals surface area contributed by atoms with Gasteiger partial charge in [0.2, 0.25) is 0 Å². The van der Waals surface area contributed by atoms with Crippen LogP contribution < -0.4 is 9.47 Å². The van der Waals surface area contributed by atoms with Crippen molar-refractivity contribution in [2.75, 3.05) is 34.4 Å². The number of methoxy groups -OCH3 is 2. The molecule has 202 valence electrons. The number of ether oxygens (including phenoxy) is 4. The first-order chi connectivity index (χ1) is 18.0. The van der Waals surface area contributed by atoms with Gasteiger partial charge >= 0.3 is 0 Å². The highest BCUT2D eigenvalue weighted by atomic mass is 16.6. The fourth-order valence-corrected chi connectivity index (χ4v) is 8.47. The lowest BCUT2D eigenvalue weighted by Crippen LogP contribution is -2.71. The Bertz CT molecular complexity index is 1130. The lowest BCUT2D eigenvalue weighted by molar-refractivity contribution is -0.242. The lowest BCUT2D eigenvalue weighted by Gasteiger charge is -2.66. The van der Waals surface area contributed by atoms with E-state index in [1.54, 1.807) is 7.11 Å². The van der Waals surface area contributed by atoms with Gasteiger partial charge in [0.1, 0.15) is 18.3 Å². The van der Waals surface area contributed by atoms with Crippen LogP contribution >= 0.6 is 0 Å². The SMILES string of the molecule is CCCc1cc(COC[C@H]2C[C@@]34CC[C@]2(OC)[C@@H]2Oc5c(OC)ccc(c5C23)C[C@H]4N(C)CCC)on1. The lowest BCUT2D eigenvalue weighted by atomic mass is 9.43. The van der Waals surface area contributed by atoms with Gasteiger partial charge in [0.25, 0.3) is 0 Å². The molecule has 37 heavy (non-hydrogen) atoms. The zero-order chi connectivity index (χ0) is 25.8. The van der Waals surface area contributed by atoms with Crippen LogP contribution in [0.1, 0.15) is 74.5 Å². The van der Waals surface area contributed by atoms with Crippen molar-refractivity contribution in [3.63, 3.8) is 0 Å². The minimum atomic E-state index is -0.381. The predicted octanol–water partition coefficient (Wildman–Crippen LogP) is 5.15. The molecular formula is C30H42N2O5. The highest BCUT2D eigenvalue weighted by molar-refractivity contribution is 5.60. The van der Waals surface area contributed by atoms with Crippen molar-refractivity contribution in [3.05, 3.63) is 40.8 Å². The minimum Gasteiger partial charge on any atom is -0.493 e. The third kappa shape index (κ3) is 3.68. The van der Waals surface area contributed by atoms with Gasteiger partial charge in [-0.15, -0.1) is 0 Å². The summed E-state index contributed by atoms with van der Waals surface area (Å²) in [5, 5.41) is 4.18. The second-order valence-electron chi connectivity index (χ2n) is 11.7. The van der Waals surface area contributed by atoms with E-state index in [-0.39, 0.29) is 23.0 Å². The molecule has 7 rings (SSSR count). The zero-order valence-electron chi connectivity index (χ0n) is 23.0. The Hall–Kier alpha value is -2.09. The molecule has 0 saturated heterocycles. The Balaban J connectivity index is 1.34. The van der Waals surface area contributed by atoms with Crippen LogP contribution in [0.2, 0.25) is 0 Å². The summed E-state index contributed by atoms with van der Waals surface area (Å²) < 4.78 is 31.1. The van der Waals surface area contributed by atoms with Gasteiger partial charge < -0.3 is 28.4 Å². The van der Waals surface area contributed by atoms with Gasteiger partial charge in [-0.1, -0.05) is 31.5 Å². The first-order valence-corrected chi connectivity index (χ1v) is 14.1. The molecular weight excluding hydrogens is 468 g/mol. The summed E-state index contributed by atoms with van der Waals surface area (Å²) in [5.41, 5.74) is 3.55. The molecule has 0 N–H and O–H groups in total. The second-order valence-corrected chi connectivity index (χ2v) is 11.7. The number of aromatic nitrogens is 1. The molecule has 1 aliphatic heterocycles. The van der Waals surface area contributed by atoms with Crippen LogP contribution in [-0.4, -0.2) is 62.2 Å². The topological polar surface area (TPSA) is 66.2 Å². The highest BCUT2D eigenvalue weighted by Gasteiger charge is 2.72. The Morgan fingerprint density at radius 1 is 1.16 bits per heavy atom. The maximum absolute atomic E-state index is 6.91. The molecule has 1 aromatic heterocycles. The largest absolute Gasteiger partial charge is 0.493 e. The molecule has 2 aromatic rings. The standard InChI is InChI=1S/C30H42N2O5/c1-6-8-21-15-22(37-31-21)18-35-17-20-16-29-11-12-30(20,34-5)28-26(29)25-19(14-24(29)32(3)13-7-2)9-10-23(33-4)27(25)36-28/h9-10,15,20,24,26,28H,6-8,11-14,16-18H2,1-5H3/t20-,24-,26?,28-,29-,30-/m1/s1. The van der Waals surface area contributed by atoms with Crippen LogP contribution in [0.3, 0.4) is 0 Å². The Morgan fingerprint density at radius 3 is 2.78 bits per heavy atom. The van der Waals surface area contributed by atoms with Gasteiger partial charge in [-0.2, -0.15) is 0 Å². The molecule has 3 saturated carbocycles. The molecule has 2 bridgehead atoms. The van der Waals surface area contributed by atoms with Crippen LogP contribution in [0.4, 0.5) is 0 Å². The molecule has 2 heterocycles. The van der Waals surface area contributed by atoms with Crippen molar-refractivity contribution < 1.29 is 23.5 Å². The summed E-state index contributed by atoms with van der Waals surface area (Å²) in [7, 11) is 5.93. The molecule has 1 spiro atoms. The summed E-state index contributed by atoms with van der Waals surface area (Å²) in [4.78, 5) is 2.62. The molecule has 7 heteroatoms. The zero-order valence-corrected chi connectivity index (χ0v) is 23.0. The smallest absolute Gasteiger partial charge is 0.165 e. The van der Waals surface area contributed by atoms with Crippen LogP contribution in [0.25, 0.3) is 0 Å². The van der Waals surface area contributed by atoms with Crippen molar-refractivity contribution in [2.45, 2.75) is 89.1 Å². The van der Waals surface area contributed by atoms with Gasteiger partial charge in [0.15, 0.2) is 17.3 Å². The number of rotatable bonds is 11. The number of hydrogen-bond donors (Lipinski definition) is 0. The average molecular weight is 511 g/mol. The van der Waals surface area contributed by atoms with E-state index in [1.165, 1.54) is 11.1 Å². The summed E-state index contributed by atoms with van der Waals surface area (Å²) >= 11 is 0. The molecule has 1 aromatic carbocycles. The van der Waals surface area contributed by atoms with Gasteiger partial charge in [0.05, 0.1) is 19.4 Å². The van der Waals surface area contributed by atoms with E-state index in [0.29, 0.717) is 25.2 Å². The third-order valence-electron chi connectivity index (χ3n) is 9.97. The highest BCUT2D eigenvalue weighted by Crippen LogP contribution is 2.71. The second kappa shape index (κ2) is 9.58. The van der Waals surface area contributed by atoms with E-state index >= 15 is 0 Å². The van der Waals surface area contributed by atoms with E-state index in [1.807, 2.05) is 13.2 Å². The minimum absolute atomic E-state index is 0.0297. The molecule has 1 unspecified atom stereocenters. The van der Waals surface area contributed by atoms with Crippen molar-refractivity contribution in [1.82, 2.24) is 10.1 Å². The van der Waals surface area contributed by atoms with Crippen LogP contribution in [0.5, 0.6) is 11.5 Å². The number of likely N-dealkylation sites (N-methyl/N-ethyl adjacent to an activating group) is 1. The normalized spacial score (nSPS) is 33.0. The Morgan fingerprint density at radius 2 is 2.03 bits per heavy atom. The first-order valence-electron chi connectivity index (χ1n) is 14.1. The third-order valence-corrected chi connectivity index (χ3v) is 9.97. The Kier molecular flexibility index (Phi) is 6.53. The van der Waals surface area contributed by atoms with E-state index in [2.05, 4.69) is 43.1 Å². The van der Waals surface area contributed by atoms with Gasteiger partial charge in [-0.3, -0.25) is 0 Å². The summed E-state index contributed by atoms with van der Waals surface area (Å²) in [6.07, 6.45) is 7.39. The number of benzene rings is 1. The quantitative estimate of drug-likeness (QED) is 0.414. The van der Waals surface area contributed by atoms with Crippen molar-refractivity contribution in [3.8, 4) is 11.5 Å². The van der Waals surface area contributed by atoms with Crippen molar-refractivity contribution in [1.29, 1.82) is 0 Å². The molecule has 5 aliphatic rings. The summed E-state index contributed by atoms with van der Waals surface area (Å²) in [5.74, 6) is 3.15. The maximum atomic E-state index is 6.91. The maximum Gasteiger partial charge on any atom is 0.165 e. The molecule has 4 aliphatic carbocycles. The van der Waals surface area contributed by atoms with Gasteiger partial charge in [0, 0.05) is 36.6 Å². The van der Waals surface area contributed by atoms with E-state index in [4.69, 9.17) is 23.5 Å². The number of fused-ring (bicyclic) bond motifs is 2. The number of nitrogens with zero attached hydrogens (tertiary/aromatic N) is 2. The average Bonchev–Trinajstić information content (AvgIpc) is 3.54. The Labute approximate surface area is 220 Å². The number of hydrogen-bond acceptors (Lipinski definition) is 7. The number of aryl methyl sites for hydroxylation is 1. The molecule has 0 radical (unpaired) electrons. The summed E-state index contributed by atoms with van der Waals surface area (Å²) in [6.45, 7) is 6.59. The monoisotopic (exact) mass is 510 g/mol. The van der Waals surface area contributed by atoms with Gasteiger partial charge in [-0.25, -0.2) is 0 Å². The van der Waals surface area contributed by atoms with Crippen LogP contribution in [-0.2, 0) is 28.9 Å². The van der Waals surface area contributed by atoms with Crippen molar-refractivity contribution in [2.24, 2.45) is 11.3 Å². The van der Waals surface area contributed by atoms with Crippen LogP contribution in [0.15, 0.2) is 22.7 Å². The van der Waals surface area contributed by atoms with E-state index in [0.717, 1.165) is 74.4 Å². The fourth-order valence-electron chi connectivity index (χ4n) is 8.47. The predicted molar refractivity (Wildman–Crippen MR) is 140 cm³/mol.